The fraction of sp³-hybridized carbons (Fsp3) is 0.429. The summed E-state index contributed by atoms with van der Waals surface area (Å²) < 4.78 is 11.3. The molecule has 5 heteroatoms. The minimum atomic E-state index is -0.540. The summed E-state index contributed by atoms with van der Waals surface area (Å²) >= 11 is 0. The Morgan fingerprint density at radius 2 is 1.32 bits per heavy atom. The molecule has 5 nitrogen and oxygen atoms in total. The Bertz CT molecular complexity index is 509. The van der Waals surface area contributed by atoms with Crippen molar-refractivity contribution in [3.63, 3.8) is 0 Å². The molecule has 0 saturated carbocycles. The van der Waals surface area contributed by atoms with Gasteiger partial charge in [0.25, 0.3) is 0 Å². The third-order valence-electron chi connectivity index (χ3n) is 2.86. The van der Waals surface area contributed by atoms with Crippen molar-refractivity contribution in [3.8, 4) is 0 Å². The van der Waals surface area contributed by atoms with E-state index in [4.69, 9.17) is 9.47 Å². The number of methoxy groups -OCH3 is 2. The maximum atomic E-state index is 11.9. The van der Waals surface area contributed by atoms with Crippen LogP contribution < -0.4 is 0 Å². The van der Waals surface area contributed by atoms with Crippen LogP contribution in [0.4, 0.5) is 0 Å². The lowest BCUT2D eigenvalue weighted by molar-refractivity contribution is 0.0555. The Balaban J connectivity index is 3.65. The number of rotatable bonds is 3. The van der Waals surface area contributed by atoms with Crippen LogP contribution in [0.5, 0.6) is 0 Å². The van der Waals surface area contributed by atoms with Gasteiger partial charge in [0.15, 0.2) is 0 Å². The highest BCUT2D eigenvalue weighted by molar-refractivity contribution is 6.05. The average Bonchev–Trinajstić information content (AvgIpc) is 2.61. The maximum absolute atomic E-state index is 11.9. The Hall–Kier alpha value is -2.04. The van der Waals surface area contributed by atoms with E-state index in [0.717, 1.165) is 5.57 Å². The van der Waals surface area contributed by atoms with E-state index < -0.39 is 11.9 Å². The van der Waals surface area contributed by atoms with E-state index in [9.17, 15) is 9.59 Å². The molecule has 1 aromatic rings. The third kappa shape index (κ3) is 2.70. The van der Waals surface area contributed by atoms with Gasteiger partial charge in [-0.2, -0.15) is 0 Å². The Morgan fingerprint density at radius 1 is 0.947 bits per heavy atom. The number of allylic oxidation sites excluding steroid dienone is 1. The molecule has 0 unspecified atom stereocenters. The SMILES string of the molecule is COC(=O)c1c(C(=O)OC)c(C)n(C=C(C)C)c1C. The van der Waals surface area contributed by atoms with Gasteiger partial charge in [0.1, 0.15) is 0 Å². The Morgan fingerprint density at radius 3 is 1.58 bits per heavy atom. The van der Waals surface area contributed by atoms with Crippen molar-refractivity contribution in [2.75, 3.05) is 14.2 Å². The van der Waals surface area contributed by atoms with Crippen LogP contribution in [-0.4, -0.2) is 30.7 Å². The van der Waals surface area contributed by atoms with Crippen LogP contribution in [0, 0.1) is 13.8 Å². The molecule has 0 aromatic carbocycles. The molecule has 19 heavy (non-hydrogen) atoms. The summed E-state index contributed by atoms with van der Waals surface area (Å²) in [7, 11) is 2.58. The molecule has 1 rings (SSSR count). The number of ether oxygens (including phenoxy) is 2. The lowest BCUT2D eigenvalue weighted by Gasteiger charge is -2.04. The van der Waals surface area contributed by atoms with Gasteiger partial charge in [0.2, 0.25) is 0 Å². The Labute approximate surface area is 112 Å². The number of esters is 2. The quantitative estimate of drug-likeness (QED) is 0.788. The predicted molar refractivity (Wildman–Crippen MR) is 72.2 cm³/mol. The molecular formula is C14H19NO4. The van der Waals surface area contributed by atoms with E-state index in [1.807, 2.05) is 20.0 Å². The normalized spacial score (nSPS) is 10.0. The first kappa shape index (κ1) is 15.0. The lowest BCUT2D eigenvalue weighted by Crippen LogP contribution is -2.11. The fourth-order valence-electron chi connectivity index (χ4n) is 2.01. The number of nitrogens with zero attached hydrogens (tertiary/aromatic N) is 1. The van der Waals surface area contributed by atoms with Gasteiger partial charge in [-0.15, -0.1) is 0 Å². The molecular weight excluding hydrogens is 246 g/mol. The van der Waals surface area contributed by atoms with Crippen LogP contribution in [0.25, 0.3) is 6.20 Å². The van der Waals surface area contributed by atoms with Gasteiger partial charge in [-0.25, -0.2) is 9.59 Å². The van der Waals surface area contributed by atoms with E-state index >= 15 is 0 Å². The molecule has 1 aromatic heterocycles. The van der Waals surface area contributed by atoms with Crippen molar-refractivity contribution in [1.29, 1.82) is 0 Å². The highest BCUT2D eigenvalue weighted by Crippen LogP contribution is 2.25. The summed E-state index contributed by atoms with van der Waals surface area (Å²) in [6, 6.07) is 0. The summed E-state index contributed by atoms with van der Waals surface area (Å²) in [5.74, 6) is -1.08. The van der Waals surface area contributed by atoms with E-state index in [2.05, 4.69) is 0 Å². The smallest absolute Gasteiger partial charge is 0.340 e. The van der Waals surface area contributed by atoms with Crippen LogP contribution in [0.15, 0.2) is 5.57 Å². The second-order valence-corrected chi connectivity index (χ2v) is 4.48. The van der Waals surface area contributed by atoms with Crippen LogP contribution in [-0.2, 0) is 9.47 Å². The van der Waals surface area contributed by atoms with E-state index in [1.165, 1.54) is 14.2 Å². The molecule has 0 aliphatic heterocycles. The van der Waals surface area contributed by atoms with Gasteiger partial charge in [-0.1, -0.05) is 5.57 Å². The van der Waals surface area contributed by atoms with Crippen molar-refractivity contribution in [2.24, 2.45) is 0 Å². The first-order chi connectivity index (χ1) is 8.84. The zero-order valence-electron chi connectivity index (χ0n) is 12.2. The molecule has 0 aliphatic carbocycles. The van der Waals surface area contributed by atoms with Crippen LogP contribution >= 0.6 is 0 Å². The summed E-state index contributed by atoms with van der Waals surface area (Å²) in [5, 5.41) is 0. The largest absolute Gasteiger partial charge is 0.465 e. The molecule has 0 atom stereocenters. The van der Waals surface area contributed by atoms with E-state index in [-0.39, 0.29) is 11.1 Å². The standard InChI is InChI=1S/C14H19NO4/c1-8(2)7-15-9(3)11(13(16)18-5)12(10(15)4)14(17)19-6/h7H,1-6H3. The molecule has 1 heterocycles. The number of carbonyl (C=O) groups is 2. The van der Waals surface area contributed by atoms with Crippen molar-refractivity contribution in [1.82, 2.24) is 4.57 Å². The summed E-state index contributed by atoms with van der Waals surface area (Å²) in [6.07, 6.45) is 1.86. The van der Waals surface area contributed by atoms with Gasteiger partial charge in [0.05, 0.1) is 25.3 Å². The topological polar surface area (TPSA) is 57.5 Å². The Kier molecular flexibility index (Phi) is 4.53. The molecule has 0 fully saturated rings. The third-order valence-corrected chi connectivity index (χ3v) is 2.86. The molecule has 0 N–H and O–H groups in total. The van der Waals surface area contributed by atoms with Gasteiger partial charge in [0, 0.05) is 17.6 Å². The zero-order chi connectivity index (χ0) is 14.7. The minimum Gasteiger partial charge on any atom is -0.465 e. The van der Waals surface area contributed by atoms with Gasteiger partial charge in [-0.3, -0.25) is 0 Å². The number of hydrogen-bond donors (Lipinski definition) is 0. The lowest BCUT2D eigenvalue weighted by atomic mass is 10.1. The average molecular weight is 265 g/mol. The molecule has 0 saturated heterocycles. The molecule has 104 valence electrons. The number of carbonyl (C=O) groups excluding carboxylic acids is 2. The van der Waals surface area contributed by atoms with E-state index in [1.54, 1.807) is 18.4 Å². The monoisotopic (exact) mass is 265 g/mol. The molecule has 0 bridgehead atoms. The predicted octanol–water partition coefficient (Wildman–Crippen LogP) is 2.56. The van der Waals surface area contributed by atoms with Gasteiger partial charge >= 0.3 is 11.9 Å². The van der Waals surface area contributed by atoms with Gasteiger partial charge in [-0.05, 0) is 27.7 Å². The molecule has 0 spiro atoms. The van der Waals surface area contributed by atoms with E-state index in [0.29, 0.717) is 11.4 Å². The fourth-order valence-corrected chi connectivity index (χ4v) is 2.01. The van der Waals surface area contributed by atoms with Crippen molar-refractivity contribution < 1.29 is 19.1 Å². The highest BCUT2D eigenvalue weighted by atomic mass is 16.5. The van der Waals surface area contributed by atoms with Crippen molar-refractivity contribution in [2.45, 2.75) is 27.7 Å². The summed E-state index contributed by atoms with van der Waals surface area (Å²) in [6.45, 7) is 7.42. The minimum absolute atomic E-state index is 0.254. The van der Waals surface area contributed by atoms with Crippen LogP contribution in [0.3, 0.4) is 0 Å². The number of aromatic nitrogens is 1. The molecule has 0 amide bonds. The van der Waals surface area contributed by atoms with Crippen LogP contribution in [0.2, 0.25) is 0 Å². The molecule has 0 radical (unpaired) electrons. The first-order valence-electron chi connectivity index (χ1n) is 5.88. The van der Waals surface area contributed by atoms with Crippen LogP contribution in [0.1, 0.15) is 46.0 Å². The highest BCUT2D eigenvalue weighted by Gasteiger charge is 2.28. The first-order valence-corrected chi connectivity index (χ1v) is 5.88. The van der Waals surface area contributed by atoms with Crippen molar-refractivity contribution in [3.05, 3.63) is 28.1 Å². The van der Waals surface area contributed by atoms with Crippen molar-refractivity contribution >= 4 is 18.1 Å². The summed E-state index contributed by atoms with van der Waals surface area (Å²) in [5.41, 5.74) is 2.87. The maximum Gasteiger partial charge on any atom is 0.340 e. The second-order valence-electron chi connectivity index (χ2n) is 4.48. The summed E-state index contributed by atoms with van der Waals surface area (Å²) in [4.78, 5) is 23.7. The molecule has 0 aliphatic rings. The second kappa shape index (κ2) is 5.73. The van der Waals surface area contributed by atoms with Gasteiger partial charge < -0.3 is 14.0 Å². The zero-order valence-corrected chi connectivity index (χ0v) is 12.2. The number of hydrogen-bond acceptors (Lipinski definition) is 4.